The molecule has 0 aliphatic rings. The number of para-hydroxylation sites is 1. The van der Waals surface area contributed by atoms with Gasteiger partial charge in [-0.15, -0.1) is 11.3 Å². The minimum absolute atomic E-state index is 0.0707. The van der Waals surface area contributed by atoms with Crippen LogP contribution < -0.4 is 0 Å². The number of ketones is 1. The van der Waals surface area contributed by atoms with Gasteiger partial charge in [-0.1, -0.05) is 18.2 Å². The van der Waals surface area contributed by atoms with E-state index in [9.17, 15) is 4.79 Å². The molecule has 0 unspecified atom stereocenters. The number of benzene rings is 1. The standard InChI is InChI=1S/C13H11N3OS/c1-16-11-5-3-2-4-9(11)10(15-16)6-12(17)13-7-14-8-18-13/h2-5,7-8H,6H2,1H3. The van der Waals surface area contributed by atoms with Crippen LogP contribution in [0, 0.1) is 0 Å². The van der Waals surface area contributed by atoms with Gasteiger partial charge in [-0.2, -0.15) is 5.10 Å². The zero-order chi connectivity index (χ0) is 12.5. The van der Waals surface area contributed by atoms with Crippen molar-refractivity contribution in [3.63, 3.8) is 0 Å². The number of carbonyl (C=O) groups is 1. The van der Waals surface area contributed by atoms with Crippen LogP contribution in [0.2, 0.25) is 0 Å². The second-order valence-corrected chi connectivity index (χ2v) is 4.94. The zero-order valence-corrected chi connectivity index (χ0v) is 10.6. The first-order chi connectivity index (χ1) is 8.75. The van der Waals surface area contributed by atoms with Gasteiger partial charge in [0.05, 0.1) is 28.0 Å². The molecule has 3 rings (SSSR count). The first-order valence-corrected chi connectivity index (χ1v) is 6.46. The van der Waals surface area contributed by atoms with Crippen molar-refractivity contribution >= 4 is 28.0 Å². The highest BCUT2D eigenvalue weighted by Crippen LogP contribution is 2.19. The number of aromatic nitrogens is 3. The minimum Gasteiger partial charge on any atom is -0.293 e. The summed E-state index contributed by atoms with van der Waals surface area (Å²) in [5.74, 6) is 0.0707. The fourth-order valence-electron chi connectivity index (χ4n) is 2.01. The summed E-state index contributed by atoms with van der Waals surface area (Å²) in [5.41, 5.74) is 3.54. The molecule has 5 heteroatoms. The summed E-state index contributed by atoms with van der Waals surface area (Å²) in [7, 11) is 1.89. The van der Waals surface area contributed by atoms with Crippen LogP contribution in [0.5, 0.6) is 0 Å². The maximum Gasteiger partial charge on any atom is 0.180 e. The lowest BCUT2D eigenvalue weighted by Crippen LogP contribution is -2.02. The molecule has 2 aromatic heterocycles. The molecule has 0 N–H and O–H groups in total. The zero-order valence-electron chi connectivity index (χ0n) is 9.83. The highest BCUT2D eigenvalue weighted by Gasteiger charge is 2.14. The predicted molar refractivity (Wildman–Crippen MR) is 70.9 cm³/mol. The molecule has 0 aliphatic heterocycles. The highest BCUT2D eigenvalue weighted by atomic mass is 32.1. The molecule has 0 atom stereocenters. The van der Waals surface area contributed by atoms with Crippen molar-refractivity contribution in [3.05, 3.63) is 46.5 Å². The molecular weight excluding hydrogens is 246 g/mol. The first kappa shape index (κ1) is 11.1. The van der Waals surface area contributed by atoms with Gasteiger partial charge in [0, 0.05) is 18.6 Å². The lowest BCUT2D eigenvalue weighted by Gasteiger charge is -1.94. The van der Waals surface area contributed by atoms with E-state index in [1.807, 2.05) is 36.0 Å². The van der Waals surface area contributed by atoms with Crippen molar-refractivity contribution in [1.82, 2.24) is 14.8 Å². The largest absolute Gasteiger partial charge is 0.293 e. The third kappa shape index (κ3) is 1.82. The number of aryl methyl sites for hydroxylation is 1. The topological polar surface area (TPSA) is 47.8 Å². The van der Waals surface area contributed by atoms with E-state index >= 15 is 0 Å². The molecule has 90 valence electrons. The Morgan fingerprint density at radius 3 is 3.00 bits per heavy atom. The van der Waals surface area contributed by atoms with Crippen LogP contribution in [-0.4, -0.2) is 20.5 Å². The van der Waals surface area contributed by atoms with Crippen LogP contribution in [0.15, 0.2) is 36.0 Å². The van der Waals surface area contributed by atoms with Crippen molar-refractivity contribution in [2.75, 3.05) is 0 Å². The fourth-order valence-corrected chi connectivity index (χ4v) is 2.57. The Morgan fingerprint density at radius 2 is 2.22 bits per heavy atom. The summed E-state index contributed by atoms with van der Waals surface area (Å²) in [4.78, 5) is 16.7. The lowest BCUT2D eigenvalue weighted by molar-refractivity contribution is 0.0996. The number of nitrogens with zero attached hydrogens (tertiary/aromatic N) is 3. The second kappa shape index (κ2) is 4.34. The van der Waals surface area contributed by atoms with Gasteiger partial charge in [-0.3, -0.25) is 14.5 Å². The monoisotopic (exact) mass is 257 g/mol. The van der Waals surface area contributed by atoms with Gasteiger partial charge < -0.3 is 0 Å². The Morgan fingerprint density at radius 1 is 1.39 bits per heavy atom. The van der Waals surface area contributed by atoms with Gasteiger partial charge in [-0.05, 0) is 6.07 Å². The van der Waals surface area contributed by atoms with Gasteiger partial charge in [-0.25, -0.2) is 0 Å². The maximum atomic E-state index is 12.0. The summed E-state index contributed by atoms with van der Waals surface area (Å²) in [6.07, 6.45) is 1.93. The molecule has 0 fully saturated rings. The minimum atomic E-state index is 0.0707. The Kier molecular flexibility index (Phi) is 2.68. The molecular formula is C13H11N3OS. The van der Waals surface area contributed by atoms with Crippen molar-refractivity contribution in [3.8, 4) is 0 Å². The Balaban J connectivity index is 1.98. The van der Waals surface area contributed by atoms with Crippen molar-refractivity contribution in [2.45, 2.75) is 6.42 Å². The molecule has 4 nitrogen and oxygen atoms in total. The molecule has 1 aromatic carbocycles. The molecule has 0 aliphatic carbocycles. The molecule has 0 saturated carbocycles. The third-order valence-electron chi connectivity index (χ3n) is 2.87. The van der Waals surface area contributed by atoms with Gasteiger partial charge in [0.25, 0.3) is 0 Å². The quantitative estimate of drug-likeness (QED) is 0.677. The van der Waals surface area contributed by atoms with Gasteiger partial charge in [0.2, 0.25) is 0 Å². The Bertz CT molecular complexity index is 700. The van der Waals surface area contributed by atoms with Gasteiger partial charge >= 0.3 is 0 Å². The SMILES string of the molecule is Cn1nc(CC(=O)c2cncs2)c2ccccc21. The van der Waals surface area contributed by atoms with Crippen molar-refractivity contribution in [1.29, 1.82) is 0 Å². The van der Waals surface area contributed by atoms with Gasteiger partial charge in [0.1, 0.15) is 0 Å². The molecule has 18 heavy (non-hydrogen) atoms. The molecule has 0 saturated heterocycles. The van der Waals surface area contributed by atoms with E-state index in [-0.39, 0.29) is 5.78 Å². The fraction of sp³-hybridized carbons (Fsp3) is 0.154. The number of hydrogen-bond acceptors (Lipinski definition) is 4. The van der Waals surface area contributed by atoms with Crippen LogP contribution in [0.25, 0.3) is 10.9 Å². The maximum absolute atomic E-state index is 12.0. The molecule has 2 heterocycles. The number of carbonyl (C=O) groups excluding carboxylic acids is 1. The van der Waals surface area contributed by atoms with Crippen molar-refractivity contribution in [2.24, 2.45) is 7.05 Å². The summed E-state index contributed by atoms with van der Waals surface area (Å²) < 4.78 is 1.81. The molecule has 0 radical (unpaired) electrons. The van der Waals surface area contributed by atoms with E-state index in [0.29, 0.717) is 11.3 Å². The molecule has 0 spiro atoms. The average Bonchev–Trinajstić information content (AvgIpc) is 3.00. The smallest absolute Gasteiger partial charge is 0.180 e. The van der Waals surface area contributed by atoms with Crippen LogP contribution in [0.1, 0.15) is 15.4 Å². The molecule has 0 bridgehead atoms. The average molecular weight is 257 g/mol. The number of thiazole rings is 1. The van der Waals surface area contributed by atoms with E-state index in [1.54, 1.807) is 11.7 Å². The Hall–Kier alpha value is -2.01. The van der Waals surface area contributed by atoms with E-state index in [4.69, 9.17) is 0 Å². The third-order valence-corrected chi connectivity index (χ3v) is 3.68. The number of rotatable bonds is 3. The summed E-state index contributed by atoms with van der Waals surface area (Å²) in [6.45, 7) is 0. The van der Waals surface area contributed by atoms with E-state index in [2.05, 4.69) is 10.1 Å². The molecule has 0 amide bonds. The van der Waals surface area contributed by atoms with Gasteiger partial charge in [0.15, 0.2) is 5.78 Å². The van der Waals surface area contributed by atoms with Crippen LogP contribution in [0.3, 0.4) is 0 Å². The molecule has 3 aromatic rings. The van der Waals surface area contributed by atoms with Crippen LogP contribution in [-0.2, 0) is 13.5 Å². The van der Waals surface area contributed by atoms with E-state index in [0.717, 1.165) is 16.6 Å². The van der Waals surface area contributed by atoms with Crippen LogP contribution >= 0.6 is 11.3 Å². The summed E-state index contributed by atoms with van der Waals surface area (Å²) >= 11 is 1.37. The Labute approximate surface area is 108 Å². The van der Waals surface area contributed by atoms with Crippen LogP contribution in [0.4, 0.5) is 0 Å². The number of Topliss-reactive ketones (excluding diaryl/α,β-unsaturated/α-hetero) is 1. The normalized spacial score (nSPS) is 10.9. The number of fused-ring (bicyclic) bond motifs is 1. The van der Waals surface area contributed by atoms with E-state index in [1.165, 1.54) is 11.3 Å². The number of hydrogen-bond donors (Lipinski definition) is 0. The van der Waals surface area contributed by atoms with E-state index < -0.39 is 0 Å². The van der Waals surface area contributed by atoms with Crippen molar-refractivity contribution < 1.29 is 4.79 Å². The highest BCUT2D eigenvalue weighted by molar-refractivity contribution is 7.11. The summed E-state index contributed by atoms with van der Waals surface area (Å²) in [6, 6.07) is 7.93. The lowest BCUT2D eigenvalue weighted by atomic mass is 10.1. The first-order valence-electron chi connectivity index (χ1n) is 5.58. The second-order valence-electron chi connectivity index (χ2n) is 4.05. The predicted octanol–water partition coefficient (Wildman–Crippen LogP) is 2.46. The summed E-state index contributed by atoms with van der Waals surface area (Å²) in [5, 5.41) is 5.46.